The summed E-state index contributed by atoms with van der Waals surface area (Å²) >= 11 is 0. The van der Waals surface area contributed by atoms with E-state index >= 15 is 0 Å². The van der Waals surface area contributed by atoms with Crippen molar-refractivity contribution in [2.75, 3.05) is 19.6 Å². The highest BCUT2D eigenvalue weighted by Crippen LogP contribution is 2.34. The first-order valence-electron chi connectivity index (χ1n) is 6.35. The van der Waals surface area contributed by atoms with Crippen LogP contribution >= 0.6 is 0 Å². The Balaban J connectivity index is 1.85. The zero-order valence-corrected chi connectivity index (χ0v) is 11.2. The molecule has 2 heterocycles. The molecule has 1 aromatic rings. The molecule has 19 heavy (non-hydrogen) atoms. The van der Waals surface area contributed by atoms with Crippen LogP contribution in [0.2, 0.25) is 0 Å². The van der Waals surface area contributed by atoms with Crippen molar-refractivity contribution >= 4 is 10.0 Å². The van der Waals surface area contributed by atoms with Crippen LogP contribution in [0.15, 0.2) is 29.2 Å². The van der Waals surface area contributed by atoms with Crippen LogP contribution in [0.25, 0.3) is 0 Å². The highest BCUT2D eigenvalue weighted by Gasteiger charge is 2.46. The van der Waals surface area contributed by atoms with Gasteiger partial charge in [0, 0.05) is 25.0 Å². The van der Waals surface area contributed by atoms with Crippen LogP contribution in [0.4, 0.5) is 0 Å². The van der Waals surface area contributed by atoms with Gasteiger partial charge in [-0.25, -0.2) is 8.42 Å². The molecule has 2 atom stereocenters. The summed E-state index contributed by atoms with van der Waals surface area (Å²) in [6.07, 6.45) is 0.875. The first-order valence-corrected chi connectivity index (χ1v) is 7.79. The lowest BCUT2D eigenvalue weighted by Crippen LogP contribution is -2.64. The molecule has 2 aliphatic heterocycles. The molecule has 2 fully saturated rings. The summed E-state index contributed by atoms with van der Waals surface area (Å²) in [4.78, 5) is 0.281. The number of nitrogens with zero attached hydrogens (tertiary/aromatic N) is 2. The third-order valence-corrected chi connectivity index (χ3v) is 5.85. The van der Waals surface area contributed by atoms with E-state index in [2.05, 4.69) is 5.32 Å². The lowest BCUT2D eigenvalue weighted by atomic mass is 9.86. The largest absolute Gasteiger partial charge is 0.316 e. The van der Waals surface area contributed by atoms with Crippen molar-refractivity contribution in [2.45, 2.75) is 17.4 Å². The van der Waals surface area contributed by atoms with Gasteiger partial charge in [0.25, 0.3) is 0 Å². The summed E-state index contributed by atoms with van der Waals surface area (Å²) in [6.45, 7) is 2.38. The van der Waals surface area contributed by atoms with Gasteiger partial charge in [-0.2, -0.15) is 9.57 Å². The van der Waals surface area contributed by atoms with E-state index in [1.54, 1.807) is 16.4 Å². The van der Waals surface area contributed by atoms with E-state index in [0.717, 1.165) is 19.5 Å². The van der Waals surface area contributed by atoms with Crippen molar-refractivity contribution < 1.29 is 8.42 Å². The van der Waals surface area contributed by atoms with Crippen molar-refractivity contribution in [1.29, 1.82) is 5.26 Å². The predicted molar refractivity (Wildman–Crippen MR) is 69.8 cm³/mol. The molecule has 2 saturated heterocycles. The highest BCUT2D eigenvalue weighted by atomic mass is 32.2. The smallest absolute Gasteiger partial charge is 0.243 e. The van der Waals surface area contributed by atoms with E-state index < -0.39 is 10.0 Å². The Morgan fingerprint density at radius 2 is 2.05 bits per heavy atom. The van der Waals surface area contributed by atoms with Gasteiger partial charge in [0.2, 0.25) is 10.0 Å². The molecule has 6 heteroatoms. The number of rotatable bonds is 2. The molecule has 0 radical (unpaired) electrons. The first kappa shape index (κ1) is 12.6. The van der Waals surface area contributed by atoms with E-state index in [9.17, 15) is 8.42 Å². The Bertz CT molecular complexity index is 618. The quantitative estimate of drug-likeness (QED) is 0.856. The van der Waals surface area contributed by atoms with Crippen molar-refractivity contribution in [3.05, 3.63) is 29.8 Å². The SMILES string of the molecule is N#Cc1ccc(S(=O)(=O)N2C[C@@H]3CNCC[C@@H]32)cc1. The van der Waals surface area contributed by atoms with E-state index in [4.69, 9.17) is 5.26 Å². The Morgan fingerprint density at radius 3 is 2.68 bits per heavy atom. The Hall–Kier alpha value is -1.42. The topological polar surface area (TPSA) is 73.2 Å². The van der Waals surface area contributed by atoms with Gasteiger partial charge in [-0.3, -0.25) is 0 Å². The van der Waals surface area contributed by atoms with E-state index in [1.165, 1.54) is 12.1 Å². The zero-order valence-electron chi connectivity index (χ0n) is 10.4. The molecule has 1 N–H and O–H groups in total. The second-order valence-corrected chi connectivity index (χ2v) is 6.92. The highest BCUT2D eigenvalue weighted by molar-refractivity contribution is 7.89. The fourth-order valence-electron chi connectivity index (χ4n) is 2.82. The molecule has 0 aliphatic carbocycles. The van der Waals surface area contributed by atoms with E-state index in [1.807, 2.05) is 6.07 Å². The maximum Gasteiger partial charge on any atom is 0.243 e. The van der Waals surface area contributed by atoms with Crippen molar-refractivity contribution in [3.8, 4) is 6.07 Å². The summed E-state index contributed by atoms with van der Waals surface area (Å²) in [7, 11) is -3.40. The summed E-state index contributed by atoms with van der Waals surface area (Å²) < 4.78 is 26.6. The third-order valence-electron chi connectivity index (χ3n) is 3.94. The van der Waals surface area contributed by atoms with Crippen molar-refractivity contribution in [2.24, 2.45) is 5.92 Å². The Morgan fingerprint density at radius 1 is 1.32 bits per heavy atom. The van der Waals surface area contributed by atoms with Crippen LogP contribution < -0.4 is 5.32 Å². The number of sulfonamides is 1. The molecule has 1 aromatic carbocycles. The minimum Gasteiger partial charge on any atom is -0.316 e. The average molecular weight is 277 g/mol. The fourth-order valence-corrected chi connectivity index (χ4v) is 4.59. The molecular weight excluding hydrogens is 262 g/mol. The second kappa shape index (κ2) is 4.60. The maximum atomic E-state index is 12.5. The minimum atomic E-state index is -3.40. The van der Waals surface area contributed by atoms with Gasteiger partial charge in [0.1, 0.15) is 0 Å². The zero-order chi connectivity index (χ0) is 13.5. The maximum absolute atomic E-state index is 12.5. The van der Waals surface area contributed by atoms with Crippen molar-refractivity contribution in [1.82, 2.24) is 9.62 Å². The third kappa shape index (κ3) is 2.04. The molecule has 5 nitrogen and oxygen atoms in total. The lowest BCUT2D eigenvalue weighted by Gasteiger charge is -2.49. The van der Waals surface area contributed by atoms with Crippen LogP contribution in [0.3, 0.4) is 0 Å². The van der Waals surface area contributed by atoms with Gasteiger partial charge in [0.15, 0.2) is 0 Å². The number of nitrogens with one attached hydrogen (secondary N) is 1. The van der Waals surface area contributed by atoms with Crippen LogP contribution in [0.5, 0.6) is 0 Å². The summed E-state index contributed by atoms with van der Waals surface area (Å²) in [5.74, 6) is 0.446. The van der Waals surface area contributed by atoms with Gasteiger partial charge in [-0.15, -0.1) is 0 Å². The number of hydrogen-bond acceptors (Lipinski definition) is 4. The molecule has 0 amide bonds. The number of fused-ring (bicyclic) bond motifs is 1. The van der Waals surface area contributed by atoms with Crippen LogP contribution in [0.1, 0.15) is 12.0 Å². The number of hydrogen-bond donors (Lipinski definition) is 1. The predicted octanol–water partition coefficient (Wildman–Crippen LogP) is 0.541. The summed E-state index contributed by atoms with van der Waals surface area (Å²) in [5.41, 5.74) is 0.474. The molecule has 0 bridgehead atoms. The van der Waals surface area contributed by atoms with E-state index in [0.29, 0.717) is 18.0 Å². The average Bonchev–Trinajstić information content (AvgIpc) is 2.40. The van der Waals surface area contributed by atoms with Crippen molar-refractivity contribution in [3.63, 3.8) is 0 Å². The summed E-state index contributed by atoms with van der Waals surface area (Å²) in [6, 6.07) is 8.26. The Kier molecular flexibility index (Phi) is 3.05. The second-order valence-electron chi connectivity index (χ2n) is 5.03. The van der Waals surface area contributed by atoms with Gasteiger partial charge in [-0.1, -0.05) is 0 Å². The van der Waals surface area contributed by atoms with Crippen LogP contribution in [-0.2, 0) is 10.0 Å². The Labute approximate surface area is 112 Å². The molecule has 0 spiro atoms. The summed E-state index contributed by atoms with van der Waals surface area (Å²) in [5, 5.41) is 12.0. The molecular formula is C13H15N3O2S. The van der Waals surface area contributed by atoms with Gasteiger partial charge < -0.3 is 5.32 Å². The van der Waals surface area contributed by atoms with Gasteiger partial charge in [-0.05, 0) is 37.2 Å². The fraction of sp³-hybridized carbons (Fsp3) is 0.462. The first-order chi connectivity index (χ1) is 9.13. The minimum absolute atomic E-state index is 0.141. The van der Waals surface area contributed by atoms with Gasteiger partial charge >= 0.3 is 0 Å². The van der Waals surface area contributed by atoms with Crippen LogP contribution in [0, 0.1) is 17.2 Å². The molecule has 2 aliphatic rings. The van der Waals surface area contributed by atoms with E-state index in [-0.39, 0.29) is 10.9 Å². The number of nitriles is 1. The molecule has 0 aromatic heterocycles. The molecule has 100 valence electrons. The number of piperidine rings is 1. The normalized spacial score (nSPS) is 27.1. The van der Waals surface area contributed by atoms with Crippen LogP contribution in [-0.4, -0.2) is 38.4 Å². The standard InChI is InChI=1S/C13H15N3O2S/c14-7-10-1-3-12(4-2-10)19(17,18)16-9-11-8-15-6-5-13(11)16/h1-4,11,13,15H,5-6,8-9H2/t11-,13-/m0/s1. The molecule has 0 unspecified atom stereocenters. The lowest BCUT2D eigenvalue weighted by molar-refractivity contribution is 0.0714. The molecule has 0 saturated carbocycles. The van der Waals surface area contributed by atoms with Gasteiger partial charge in [0.05, 0.1) is 16.5 Å². The number of benzene rings is 1. The monoisotopic (exact) mass is 277 g/mol. The molecule has 3 rings (SSSR count).